The number of carbonyl (C=O) groups is 1. The molecule has 5 nitrogen and oxygen atoms in total. The molecule has 2 amide bonds. The van der Waals surface area contributed by atoms with Gasteiger partial charge in [0.25, 0.3) is 0 Å². The highest BCUT2D eigenvalue weighted by Gasteiger charge is 2.12. The van der Waals surface area contributed by atoms with Crippen LogP contribution in [0, 0.1) is 5.41 Å². The van der Waals surface area contributed by atoms with Crippen molar-refractivity contribution in [2.75, 3.05) is 5.32 Å². The molecule has 0 spiro atoms. The van der Waals surface area contributed by atoms with Crippen molar-refractivity contribution in [2.45, 2.75) is 19.4 Å². The summed E-state index contributed by atoms with van der Waals surface area (Å²) in [4.78, 5) is 11.5. The fraction of sp³-hybridized carbons (Fsp3) is 0.273. The fourth-order valence-electron chi connectivity index (χ4n) is 1.25. The number of amidine groups is 1. The third kappa shape index (κ3) is 3.61. The van der Waals surface area contributed by atoms with Gasteiger partial charge in [-0.05, 0) is 18.6 Å². The lowest BCUT2D eigenvalue weighted by Crippen LogP contribution is -2.45. The van der Waals surface area contributed by atoms with E-state index in [9.17, 15) is 4.79 Å². The first-order chi connectivity index (χ1) is 7.63. The zero-order valence-electron chi connectivity index (χ0n) is 9.16. The summed E-state index contributed by atoms with van der Waals surface area (Å²) in [6.07, 6.45) is 0.595. The van der Waals surface area contributed by atoms with E-state index in [1.807, 2.05) is 25.1 Å². The van der Waals surface area contributed by atoms with E-state index in [2.05, 4.69) is 10.6 Å². The first-order valence-electron chi connectivity index (χ1n) is 5.10. The Morgan fingerprint density at radius 3 is 2.56 bits per heavy atom. The van der Waals surface area contributed by atoms with Gasteiger partial charge >= 0.3 is 6.03 Å². The Labute approximate surface area is 94.5 Å². The molecule has 0 bridgehead atoms. The molecule has 1 aromatic rings. The summed E-state index contributed by atoms with van der Waals surface area (Å²) in [5, 5.41) is 12.5. The van der Waals surface area contributed by atoms with Crippen LogP contribution in [-0.4, -0.2) is 17.9 Å². The lowest BCUT2D eigenvalue weighted by Gasteiger charge is -2.15. The third-order valence-corrected chi connectivity index (χ3v) is 2.12. The smallest absolute Gasteiger partial charge is 0.319 e. The van der Waals surface area contributed by atoms with Crippen LogP contribution in [0.15, 0.2) is 30.3 Å². The zero-order valence-corrected chi connectivity index (χ0v) is 9.16. The van der Waals surface area contributed by atoms with Gasteiger partial charge in [0, 0.05) is 5.69 Å². The maximum Gasteiger partial charge on any atom is 0.319 e. The van der Waals surface area contributed by atoms with Gasteiger partial charge in [-0.3, -0.25) is 5.41 Å². The Balaban J connectivity index is 2.50. The summed E-state index contributed by atoms with van der Waals surface area (Å²) >= 11 is 0. The van der Waals surface area contributed by atoms with E-state index in [0.29, 0.717) is 12.1 Å². The fourth-order valence-corrected chi connectivity index (χ4v) is 1.25. The number of urea groups is 1. The van der Waals surface area contributed by atoms with Crippen molar-refractivity contribution in [2.24, 2.45) is 5.73 Å². The number of amides is 2. The molecule has 86 valence electrons. The average molecular weight is 220 g/mol. The van der Waals surface area contributed by atoms with E-state index in [0.717, 1.165) is 0 Å². The van der Waals surface area contributed by atoms with E-state index in [1.165, 1.54) is 0 Å². The van der Waals surface area contributed by atoms with Gasteiger partial charge in [0.05, 0.1) is 6.04 Å². The van der Waals surface area contributed by atoms with Crippen LogP contribution in [0.2, 0.25) is 0 Å². The van der Waals surface area contributed by atoms with E-state index in [4.69, 9.17) is 11.1 Å². The summed E-state index contributed by atoms with van der Waals surface area (Å²) in [7, 11) is 0. The summed E-state index contributed by atoms with van der Waals surface area (Å²) in [6.45, 7) is 1.86. The molecule has 0 saturated carbocycles. The van der Waals surface area contributed by atoms with Crippen LogP contribution in [0.25, 0.3) is 0 Å². The molecule has 1 aromatic carbocycles. The molecule has 5 heteroatoms. The van der Waals surface area contributed by atoms with Gasteiger partial charge in [-0.1, -0.05) is 25.1 Å². The van der Waals surface area contributed by atoms with Gasteiger partial charge in [-0.2, -0.15) is 0 Å². The quantitative estimate of drug-likeness (QED) is 0.457. The first-order valence-corrected chi connectivity index (χ1v) is 5.10. The van der Waals surface area contributed by atoms with Gasteiger partial charge in [0.15, 0.2) is 0 Å². The minimum atomic E-state index is -0.413. The average Bonchev–Trinajstić information content (AvgIpc) is 2.27. The van der Waals surface area contributed by atoms with Crippen molar-refractivity contribution in [3.05, 3.63) is 30.3 Å². The van der Waals surface area contributed by atoms with Crippen molar-refractivity contribution < 1.29 is 4.79 Å². The largest absolute Gasteiger partial charge is 0.386 e. The number of benzene rings is 1. The molecule has 0 aliphatic rings. The summed E-state index contributed by atoms with van der Waals surface area (Å²) in [6, 6.07) is 8.34. The summed E-state index contributed by atoms with van der Waals surface area (Å²) in [5.41, 5.74) is 6.04. The Hall–Kier alpha value is -2.04. The van der Waals surface area contributed by atoms with Gasteiger partial charge in [0.1, 0.15) is 5.84 Å². The van der Waals surface area contributed by atoms with Crippen LogP contribution in [0.5, 0.6) is 0 Å². The molecule has 1 unspecified atom stereocenters. The Morgan fingerprint density at radius 2 is 2.06 bits per heavy atom. The minimum absolute atomic E-state index is 0.0364. The number of rotatable bonds is 4. The minimum Gasteiger partial charge on any atom is -0.386 e. The van der Waals surface area contributed by atoms with Crippen LogP contribution < -0.4 is 16.4 Å². The van der Waals surface area contributed by atoms with E-state index in [-0.39, 0.29) is 11.9 Å². The molecule has 0 fully saturated rings. The Bertz CT molecular complexity index is 364. The van der Waals surface area contributed by atoms with Crippen LogP contribution in [0.3, 0.4) is 0 Å². The number of hydrogen-bond donors (Lipinski definition) is 4. The molecule has 1 atom stereocenters. The van der Waals surface area contributed by atoms with Crippen molar-refractivity contribution in [1.82, 2.24) is 5.32 Å². The van der Waals surface area contributed by atoms with Crippen LogP contribution in [0.4, 0.5) is 10.5 Å². The highest BCUT2D eigenvalue weighted by molar-refractivity contribution is 5.93. The van der Waals surface area contributed by atoms with Gasteiger partial charge in [0.2, 0.25) is 0 Å². The molecule has 0 saturated heterocycles. The zero-order chi connectivity index (χ0) is 12.0. The molecular weight excluding hydrogens is 204 g/mol. The van der Waals surface area contributed by atoms with E-state index < -0.39 is 6.04 Å². The second-order valence-electron chi connectivity index (χ2n) is 3.38. The number of carbonyl (C=O) groups excluding carboxylic acids is 1. The van der Waals surface area contributed by atoms with E-state index in [1.54, 1.807) is 12.1 Å². The predicted molar refractivity (Wildman–Crippen MR) is 64.6 cm³/mol. The van der Waals surface area contributed by atoms with Crippen LogP contribution >= 0.6 is 0 Å². The van der Waals surface area contributed by atoms with Gasteiger partial charge in [-0.25, -0.2) is 4.79 Å². The van der Waals surface area contributed by atoms with Crippen molar-refractivity contribution in [3.8, 4) is 0 Å². The predicted octanol–water partition coefficient (Wildman–Crippen LogP) is 1.52. The van der Waals surface area contributed by atoms with Crippen molar-refractivity contribution in [3.63, 3.8) is 0 Å². The summed E-state index contributed by atoms with van der Waals surface area (Å²) < 4.78 is 0. The maximum absolute atomic E-state index is 11.5. The van der Waals surface area contributed by atoms with Crippen molar-refractivity contribution >= 4 is 17.6 Å². The van der Waals surface area contributed by atoms with E-state index >= 15 is 0 Å². The molecule has 16 heavy (non-hydrogen) atoms. The molecule has 0 aliphatic heterocycles. The second kappa shape index (κ2) is 5.75. The number of nitrogens with one attached hydrogen (secondary N) is 3. The second-order valence-corrected chi connectivity index (χ2v) is 3.38. The maximum atomic E-state index is 11.5. The van der Waals surface area contributed by atoms with Gasteiger partial charge < -0.3 is 16.4 Å². The number of anilines is 1. The highest BCUT2D eigenvalue weighted by atomic mass is 16.2. The number of hydrogen-bond acceptors (Lipinski definition) is 2. The molecular formula is C11H16N4O. The van der Waals surface area contributed by atoms with Crippen molar-refractivity contribution in [1.29, 1.82) is 5.41 Å². The van der Waals surface area contributed by atoms with Crippen LogP contribution in [0.1, 0.15) is 13.3 Å². The topological polar surface area (TPSA) is 91.0 Å². The molecule has 1 rings (SSSR count). The lowest BCUT2D eigenvalue weighted by molar-refractivity contribution is 0.250. The lowest BCUT2D eigenvalue weighted by atomic mass is 10.2. The molecule has 0 aromatic heterocycles. The normalized spacial score (nSPS) is 11.6. The SMILES string of the molecule is CCC(NC(=O)Nc1ccccc1)C(=N)N. The standard InChI is InChI=1S/C11H16N4O/c1-2-9(10(12)13)15-11(16)14-8-6-4-3-5-7-8/h3-7,9H,2H2,1H3,(H3,12,13)(H2,14,15,16). The number of para-hydroxylation sites is 1. The molecule has 5 N–H and O–H groups in total. The molecule has 0 radical (unpaired) electrons. The number of nitrogens with two attached hydrogens (primary N) is 1. The summed E-state index contributed by atoms with van der Waals surface area (Å²) in [5.74, 6) is -0.0364. The van der Waals surface area contributed by atoms with Crippen LogP contribution in [-0.2, 0) is 0 Å². The Kier molecular flexibility index (Phi) is 4.32. The molecule has 0 heterocycles. The molecule has 0 aliphatic carbocycles. The highest BCUT2D eigenvalue weighted by Crippen LogP contribution is 2.04. The third-order valence-electron chi connectivity index (χ3n) is 2.12. The van der Waals surface area contributed by atoms with Gasteiger partial charge in [-0.15, -0.1) is 0 Å². The first kappa shape index (κ1) is 12.0. The Morgan fingerprint density at radius 1 is 1.44 bits per heavy atom. The monoisotopic (exact) mass is 220 g/mol.